The number of nitrogens with two attached hydrogens (primary N) is 1. The molecule has 0 aromatic heterocycles. The maximum Gasteiger partial charge on any atom is 0.141 e. The van der Waals surface area contributed by atoms with Crippen LogP contribution in [0.5, 0.6) is 11.5 Å². The summed E-state index contributed by atoms with van der Waals surface area (Å²) in [6.45, 7) is 0. The van der Waals surface area contributed by atoms with Gasteiger partial charge in [-0.2, -0.15) is 0 Å². The highest BCUT2D eigenvalue weighted by atomic mass is 79.9. The normalized spacial score (nSPS) is 10.3. The van der Waals surface area contributed by atoms with Crippen LogP contribution in [0.4, 0.5) is 0 Å². The molecular weight excluding hydrogens is 413 g/mol. The molecular formula is C13H8Br2ClNOS. The van der Waals surface area contributed by atoms with Gasteiger partial charge in [0.15, 0.2) is 0 Å². The van der Waals surface area contributed by atoms with Crippen molar-refractivity contribution in [3.05, 3.63) is 55.9 Å². The van der Waals surface area contributed by atoms with Crippen LogP contribution in [-0.2, 0) is 0 Å². The smallest absolute Gasteiger partial charge is 0.141 e. The maximum absolute atomic E-state index is 5.88. The van der Waals surface area contributed by atoms with E-state index in [2.05, 4.69) is 31.9 Å². The van der Waals surface area contributed by atoms with Crippen LogP contribution in [0, 0.1) is 0 Å². The van der Waals surface area contributed by atoms with Crippen LogP contribution in [-0.4, -0.2) is 4.99 Å². The fourth-order valence-electron chi connectivity index (χ4n) is 1.41. The number of benzene rings is 2. The van der Waals surface area contributed by atoms with Crippen LogP contribution in [0.2, 0.25) is 5.02 Å². The van der Waals surface area contributed by atoms with E-state index >= 15 is 0 Å². The summed E-state index contributed by atoms with van der Waals surface area (Å²) in [4.78, 5) is 0.347. The second kappa shape index (κ2) is 6.22. The van der Waals surface area contributed by atoms with Crippen LogP contribution in [0.15, 0.2) is 45.3 Å². The fourth-order valence-corrected chi connectivity index (χ4v) is 2.76. The highest BCUT2D eigenvalue weighted by molar-refractivity contribution is 9.11. The van der Waals surface area contributed by atoms with Crippen molar-refractivity contribution in [2.75, 3.05) is 0 Å². The Kier molecular flexibility index (Phi) is 4.84. The van der Waals surface area contributed by atoms with E-state index in [1.807, 2.05) is 12.1 Å². The van der Waals surface area contributed by atoms with Crippen molar-refractivity contribution >= 4 is 60.7 Å². The number of hydrogen-bond donors (Lipinski definition) is 1. The fraction of sp³-hybridized carbons (Fsp3) is 0. The summed E-state index contributed by atoms with van der Waals surface area (Å²) < 4.78 is 7.35. The van der Waals surface area contributed by atoms with Gasteiger partial charge in [-0.15, -0.1) is 0 Å². The summed E-state index contributed by atoms with van der Waals surface area (Å²) in [7, 11) is 0. The maximum atomic E-state index is 5.88. The van der Waals surface area contributed by atoms with Crippen LogP contribution in [0.1, 0.15) is 5.56 Å². The predicted octanol–water partition coefficient (Wildman–Crippen LogP) is 5.29. The Morgan fingerprint density at radius 2 is 1.63 bits per heavy atom. The molecule has 2 N–H and O–H groups in total. The molecule has 19 heavy (non-hydrogen) atoms. The average Bonchev–Trinajstić information content (AvgIpc) is 2.34. The molecule has 0 heterocycles. The minimum Gasteiger partial charge on any atom is -0.455 e. The SMILES string of the molecule is NC(=S)c1ccc(Oc2ccc(Cl)cc2Br)c(Br)c1. The lowest BCUT2D eigenvalue weighted by Crippen LogP contribution is -2.09. The Morgan fingerprint density at radius 1 is 1.05 bits per heavy atom. The third kappa shape index (κ3) is 3.69. The molecule has 2 aromatic rings. The van der Waals surface area contributed by atoms with Gasteiger partial charge < -0.3 is 10.5 Å². The van der Waals surface area contributed by atoms with Gasteiger partial charge >= 0.3 is 0 Å². The van der Waals surface area contributed by atoms with Crippen molar-refractivity contribution in [3.63, 3.8) is 0 Å². The summed E-state index contributed by atoms with van der Waals surface area (Å²) in [5, 5.41) is 0.641. The highest BCUT2D eigenvalue weighted by Gasteiger charge is 2.08. The molecule has 2 rings (SSSR count). The van der Waals surface area contributed by atoms with Crippen molar-refractivity contribution in [1.29, 1.82) is 0 Å². The Labute approximate surface area is 138 Å². The molecule has 2 nitrogen and oxygen atoms in total. The topological polar surface area (TPSA) is 35.2 Å². The number of halogens is 3. The molecule has 98 valence electrons. The molecule has 6 heteroatoms. The Balaban J connectivity index is 2.31. The summed E-state index contributed by atoms with van der Waals surface area (Å²) in [6.07, 6.45) is 0. The van der Waals surface area contributed by atoms with Crippen LogP contribution >= 0.6 is 55.7 Å². The van der Waals surface area contributed by atoms with Gasteiger partial charge in [0.1, 0.15) is 16.5 Å². The zero-order chi connectivity index (χ0) is 14.0. The summed E-state index contributed by atoms with van der Waals surface area (Å²) in [6, 6.07) is 10.8. The molecule has 0 saturated heterocycles. The Bertz CT molecular complexity index is 649. The van der Waals surface area contributed by atoms with Gasteiger partial charge in [-0.3, -0.25) is 0 Å². The number of rotatable bonds is 3. The first kappa shape index (κ1) is 14.8. The van der Waals surface area contributed by atoms with Crippen molar-refractivity contribution in [1.82, 2.24) is 0 Å². The largest absolute Gasteiger partial charge is 0.455 e. The first-order valence-electron chi connectivity index (χ1n) is 5.19. The van der Waals surface area contributed by atoms with E-state index in [9.17, 15) is 0 Å². The molecule has 0 radical (unpaired) electrons. The molecule has 0 spiro atoms. The Morgan fingerprint density at radius 3 is 2.16 bits per heavy atom. The average molecular weight is 422 g/mol. The zero-order valence-corrected chi connectivity index (χ0v) is 14.2. The predicted molar refractivity (Wildman–Crippen MR) is 89.3 cm³/mol. The minimum absolute atomic E-state index is 0.347. The van der Waals surface area contributed by atoms with E-state index < -0.39 is 0 Å². The van der Waals surface area contributed by atoms with Crippen LogP contribution in [0.3, 0.4) is 0 Å². The van der Waals surface area contributed by atoms with E-state index in [1.165, 1.54) is 0 Å². The van der Waals surface area contributed by atoms with Gasteiger partial charge in [-0.05, 0) is 68.3 Å². The number of thiocarbonyl (C=S) groups is 1. The monoisotopic (exact) mass is 419 g/mol. The second-order valence-corrected chi connectivity index (χ2v) is 6.27. The van der Waals surface area contributed by atoms with Gasteiger partial charge in [0, 0.05) is 10.6 Å². The third-order valence-corrected chi connectivity index (χ3v) is 4.04. The van der Waals surface area contributed by atoms with E-state index in [0.717, 1.165) is 14.5 Å². The molecule has 0 unspecified atom stereocenters. The molecule has 0 bridgehead atoms. The quantitative estimate of drug-likeness (QED) is 0.684. The lowest BCUT2D eigenvalue weighted by atomic mass is 10.2. The van der Waals surface area contributed by atoms with Gasteiger partial charge in [0.2, 0.25) is 0 Å². The van der Waals surface area contributed by atoms with E-state index in [1.54, 1.807) is 24.3 Å². The number of ether oxygens (including phenoxy) is 1. The van der Waals surface area contributed by atoms with Gasteiger partial charge in [0.05, 0.1) is 8.95 Å². The molecule has 0 atom stereocenters. The molecule has 0 amide bonds. The van der Waals surface area contributed by atoms with Crippen molar-refractivity contribution in [3.8, 4) is 11.5 Å². The first-order valence-corrected chi connectivity index (χ1v) is 7.57. The van der Waals surface area contributed by atoms with Crippen LogP contribution in [0.25, 0.3) is 0 Å². The summed E-state index contributed by atoms with van der Waals surface area (Å²) in [5.74, 6) is 1.34. The van der Waals surface area contributed by atoms with Crippen LogP contribution < -0.4 is 10.5 Å². The van der Waals surface area contributed by atoms with Gasteiger partial charge in [0.25, 0.3) is 0 Å². The van der Waals surface area contributed by atoms with E-state index in [4.69, 9.17) is 34.3 Å². The van der Waals surface area contributed by atoms with E-state index in [0.29, 0.717) is 21.5 Å². The standard InChI is InChI=1S/C13H8Br2ClNOS/c14-9-5-7(13(17)19)1-3-11(9)18-12-4-2-8(16)6-10(12)15/h1-6H,(H2,17,19). The summed E-state index contributed by atoms with van der Waals surface area (Å²) in [5.41, 5.74) is 6.36. The molecule has 0 saturated carbocycles. The second-order valence-electron chi connectivity index (χ2n) is 3.69. The van der Waals surface area contributed by atoms with Crippen molar-refractivity contribution in [2.24, 2.45) is 5.73 Å². The highest BCUT2D eigenvalue weighted by Crippen LogP contribution is 2.35. The van der Waals surface area contributed by atoms with Crippen molar-refractivity contribution < 1.29 is 4.74 Å². The molecule has 0 aliphatic carbocycles. The summed E-state index contributed by atoms with van der Waals surface area (Å²) >= 11 is 17.6. The number of hydrogen-bond acceptors (Lipinski definition) is 2. The molecule has 0 fully saturated rings. The lowest BCUT2D eigenvalue weighted by Gasteiger charge is -2.10. The molecule has 2 aromatic carbocycles. The van der Waals surface area contributed by atoms with E-state index in [-0.39, 0.29) is 0 Å². The van der Waals surface area contributed by atoms with Crippen molar-refractivity contribution in [2.45, 2.75) is 0 Å². The Hall–Kier alpha value is -0.620. The van der Waals surface area contributed by atoms with Gasteiger partial charge in [-0.25, -0.2) is 0 Å². The molecule has 0 aliphatic rings. The van der Waals surface area contributed by atoms with Gasteiger partial charge in [-0.1, -0.05) is 23.8 Å². The zero-order valence-electron chi connectivity index (χ0n) is 9.49. The first-order chi connectivity index (χ1) is 8.97. The molecule has 0 aliphatic heterocycles. The third-order valence-electron chi connectivity index (χ3n) is 2.33. The minimum atomic E-state index is 0.347. The lowest BCUT2D eigenvalue weighted by molar-refractivity contribution is 0.476.